The lowest BCUT2D eigenvalue weighted by atomic mass is 9.95. The summed E-state index contributed by atoms with van der Waals surface area (Å²) in [6.45, 7) is 1.69. The molecule has 0 spiro atoms. The van der Waals surface area contributed by atoms with Crippen LogP contribution in [0.1, 0.15) is 44.9 Å². The number of carbonyl (C=O) groups is 3. The zero-order chi connectivity index (χ0) is 26.6. The molecule has 0 aliphatic carbocycles. The van der Waals surface area contributed by atoms with Gasteiger partial charge >= 0.3 is 0 Å². The molecule has 2 fully saturated rings. The van der Waals surface area contributed by atoms with E-state index in [1.807, 2.05) is 30.1 Å². The second kappa shape index (κ2) is 9.50. The Bertz CT molecular complexity index is 1530. The Morgan fingerprint density at radius 1 is 1.08 bits per heavy atom. The summed E-state index contributed by atoms with van der Waals surface area (Å²) in [4.78, 5) is 46.2. The summed E-state index contributed by atoms with van der Waals surface area (Å²) >= 11 is 1.70. The Kier molecular flexibility index (Phi) is 6.26. The molecule has 2 saturated heterocycles. The molecule has 8 nitrogen and oxygen atoms in total. The number of thiophene rings is 1. The van der Waals surface area contributed by atoms with Gasteiger partial charge in [0, 0.05) is 29.7 Å². The van der Waals surface area contributed by atoms with Crippen LogP contribution in [0.25, 0.3) is 10.1 Å². The normalized spacial score (nSPS) is 22.8. The maximum absolute atomic E-state index is 13.5. The van der Waals surface area contributed by atoms with E-state index in [2.05, 4.69) is 18.2 Å². The van der Waals surface area contributed by atoms with Gasteiger partial charge in [0.05, 0.1) is 46.8 Å². The molecular weight excluding hydrogens is 522 g/mol. The first-order valence-corrected chi connectivity index (χ1v) is 15.5. The largest absolute Gasteiger partial charge is 0.370 e. The second-order valence-corrected chi connectivity index (χ2v) is 13.9. The molecule has 3 amide bonds. The molecular formula is C28H29N3O5S2. The van der Waals surface area contributed by atoms with Crippen LogP contribution in [0.15, 0.2) is 48.5 Å². The highest BCUT2D eigenvalue weighted by molar-refractivity contribution is 7.91. The maximum Gasteiger partial charge on any atom is 0.263 e. The first kappa shape index (κ1) is 25.1. The molecule has 3 aliphatic rings. The van der Waals surface area contributed by atoms with E-state index in [9.17, 15) is 22.8 Å². The van der Waals surface area contributed by atoms with Gasteiger partial charge in [0.25, 0.3) is 11.8 Å². The summed E-state index contributed by atoms with van der Waals surface area (Å²) in [5.74, 6) is -1.20. The van der Waals surface area contributed by atoms with Crippen LogP contribution in [-0.4, -0.2) is 73.6 Å². The highest BCUT2D eigenvalue weighted by atomic mass is 32.2. The van der Waals surface area contributed by atoms with Crippen molar-refractivity contribution < 1.29 is 22.8 Å². The molecule has 4 heterocycles. The fourth-order valence-corrected chi connectivity index (χ4v) is 8.81. The minimum absolute atomic E-state index is 0.0111. The molecule has 198 valence electrons. The third kappa shape index (κ3) is 4.39. The zero-order valence-electron chi connectivity index (χ0n) is 21.1. The Morgan fingerprint density at radius 2 is 1.89 bits per heavy atom. The van der Waals surface area contributed by atoms with Crippen molar-refractivity contribution in [3.63, 3.8) is 0 Å². The topological polar surface area (TPSA) is 95.1 Å². The highest BCUT2D eigenvalue weighted by Crippen LogP contribution is 2.37. The molecule has 1 aromatic heterocycles. The average Bonchev–Trinajstić information content (AvgIpc) is 3.56. The van der Waals surface area contributed by atoms with Crippen LogP contribution < -0.4 is 4.90 Å². The summed E-state index contributed by atoms with van der Waals surface area (Å²) in [5.41, 5.74) is 1.29. The van der Waals surface area contributed by atoms with Gasteiger partial charge in [0.2, 0.25) is 5.91 Å². The number of benzene rings is 2. The Balaban J connectivity index is 1.19. The molecule has 2 aromatic carbocycles. The minimum atomic E-state index is -3.25. The molecule has 0 radical (unpaired) electrons. The summed E-state index contributed by atoms with van der Waals surface area (Å²) in [6.07, 6.45) is 1.83. The van der Waals surface area contributed by atoms with E-state index in [-0.39, 0.29) is 29.8 Å². The van der Waals surface area contributed by atoms with Crippen molar-refractivity contribution in [3.8, 4) is 0 Å². The van der Waals surface area contributed by atoms with Crippen LogP contribution >= 0.6 is 11.3 Å². The monoisotopic (exact) mass is 551 g/mol. The van der Waals surface area contributed by atoms with Gasteiger partial charge in [-0.15, -0.1) is 11.3 Å². The molecule has 6 rings (SSSR count). The van der Waals surface area contributed by atoms with Crippen molar-refractivity contribution >= 4 is 54.7 Å². The zero-order valence-corrected chi connectivity index (χ0v) is 22.8. The van der Waals surface area contributed by atoms with E-state index in [1.165, 1.54) is 10.1 Å². The van der Waals surface area contributed by atoms with Gasteiger partial charge in [-0.05, 0) is 48.9 Å². The fraction of sp³-hybridized carbons (Fsp3) is 0.393. The van der Waals surface area contributed by atoms with Crippen molar-refractivity contribution in [2.24, 2.45) is 5.92 Å². The number of imide groups is 1. The van der Waals surface area contributed by atoms with Crippen LogP contribution in [0.5, 0.6) is 0 Å². The number of piperidine rings is 1. The predicted octanol–water partition coefficient (Wildman–Crippen LogP) is 3.56. The van der Waals surface area contributed by atoms with E-state index in [1.54, 1.807) is 28.4 Å². The van der Waals surface area contributed by atoms with Crippen molar-refractivity contribution in [1.29, 1.82) is 0 Å². The van der Waals surface area contributed by atoms with E-state index in [0.717, 1.165) is 22.6 Å². The highest BCUT2D eigenvalue weighted by Gasteiger charge is 2.46. The van der Waals surface area contributed by atoms with Gasteiger partial charge in [0.15, 0.2) is 9.84 Å². The minimum Gasteiger partial charge on any atom is -0.370 e. The lowest BCUT2D eigenvalue weighted by Crippen LogP contribution is -2.44. The summed E-state index contributed by atoms with van der Waals surface area (Å²) in [5, 5.41) is 1.18. The predicted molar refractivity (Wildman–Crippen MR) is 147 cm³/mol. The van der Waals surface area contributed by atoms with Crippen LogP contribution in [-0.2, 0) is 21.2 Å². The fourth-order valence-electron chi connectivity index (χ4n) is 6.00. The first-order chi connectivity index (χ1) is 18.2. The third-order valence-electron chi connectivity index (χ3n) is 7.85. The number of amides is 3. The van der Waals surface area contributed by atoms with Crippen LogP contribution in [0.2, 0.25) is 0 Å². The van der Waals surface area contributed by atoms with E-state index >= 15 is 0 Å². The summed E-state index contributed by atoms with van der Waals surface area (Å²) < 4.78 is 25.2. The lowest BCUT2D eigenvalue weighted by molar-refractivity contribution is -0.135. The molecule has 38 heavy (non-hydrogen) atoms. The Labute approximate surface area is 225 Å². The summed E-state index contributed by atoms with van der Waals surface area (Å²) in [6, 6.07) is 14.9. The van der Waals surface area contributed by atoms with Gasteiger partial charge in [-0.2, -0.15) is 0 Å². The van der Waals surface area contributed by atoms with Crippen molar-refractivity contribution in [2.75, 3.05) is 36.5 Å². The number of carbonyl (C=O) groups excluding carboxylic acids is 3. The Hall–Kier alpha value is -3.24. The number of rotatable bonds is 5. The Morgan fingerprint density at radius 3 is 2.66 bits per heavy atom. The lowest BCUT2D eigenvalue weighted by Gasteiger charge is -2.36. The molecule has 3 aliphatic heterocycles. The molecule has 0 saturated carbocycles. The van der Waals surface area contributed by atoms with Crippen molar-refractivity contribution in [1.82, 2.24) is 9.80 Å². The second-order valence-electron chi connectivity index (χ2n) is 10.5. The molecule has 0 N–H and O–H groups in total. The van der Waals surface area contributed by atoms with Gasteiger partial charge in [-0.25, -0.2) is 8.42 Å². The smallest absolute Gasteiger partial charge is 0.263 e. The number of hydrogen-bond donors (Lipinski definition) is 0. The molecule has 0 bridgehead atoms. The van der Waals surface area contributed by atoms with Gasteiger partial charge < -0.3 is 9.80 Å². The molecule has 2 atom stereocenters. The van der Waals surface area contributed by atoms with Gasteiger partial charge in [-0.3, -0.25) is 19.3 Å². The SMILES string of the molecule is CN(Cc1cc2ccccc2s1)C(=O)[C@H]1CCCN(c2cccc3c2C(=O)N([C@@H]2CCS(=O)(=O)C2)C3=O)C1. The number of hydrogen-bond acceptors (Lipinski definition) is 7. The van der Waals surface area contributed by atoms with Crippen LogP contribution in [0.4, 0.5) is 5.69 Å². The quantitative estimate of drug-likeness (QED) is 0.450. The van der Waals surface area contributed by atoms with E-state index in [0.29, 0.717) is 36.4 Å². The standard InChI is InChI=1S/C28H29N3O5S2/c1-29(16-21-14-18-6-2-3-10-24(18)37-21)26(32)19-7-5-12-30(15-19)23-9-4-8-22-25(23)28(34)31(27(22)33)20-11-13-38(35,36)17-20/h2-4,6,8-10,14,19-20H,5,7,11-13,15-17H2,1H3/t19-,20+/m0/s1. The number of nitrogens with zero attached hydrogens (tertiary/aromatic N) is 3. The van der Waals surface area contributed by atoms with Crippen LogP contribution in [0, 0.1) is 5.92 Å². The number of fused-ring (bicyclic) bond motifs is 2. The average molecular weight is 552 g/mol. The first-order valence-electron chi connectivity index (χ1n) is 12.9. The molecule has 10 heteroatoms. The summed E-state index contributed by atoms with van der Waals surface area (Å²) in [7, 11) is -1.42. The van der Waals surface area contributed by atoms with E-state index in [4.69, 9.17) is 0 Å². The van der Waals surface area contributed by atoms with Gasteiger partial charge in [0.1, 0.15) is 0 Å². The number of anilines is 1. The van der Waals surface area contributed by atoms with Crippen molar-refractivity contribution in [3.05, 3.63) is 64.5 Å². The number of sulfone groups is 1. The third-order valence-corrected chi connectivity index (χ3v) is 10.7. The molecule has 3 aromatic rings. The van der Waals surface area contributed by atoms with Crippen molar-refractivity contribution in [2.45, 2.75) is 31.8 Å². The molecule has 0 unspecified atom stereocenters. The van der Waals surface area contributed by atoms with Crippen LogP contribution in [0.3, 0.4) is 0 Å². The van der Waals surface area contributed by atoms with E-state index < -0.39 is 27.7 Å². The maximum atomic E-state index is 13.5. The van der Waals surface area contributed by atoms with Gasteiger partial charge in [-0.1, -0.05) is 24.3 Å².